The van der Waals surface area contributed by atoms with Crippen LogP contribution in [0.25, 0.3) is 11.2 Å². The first-order chi connectivity index (χ1) is 15.5. The molecule has 0 fully saturated rings. The van der Waals surface area contributed by atoms with Crippen LogP contribution in [0.3, 0.4) is 0 Å². The molecule has 0 spiro atoms. The molecule has 1 aliphatic rings. The van der Waals surface area contributed by atoms with Gasteiger partial charge in [0.2, 0.25) is 5.95 Å². The zero-order valence-corrected chi connectivity index (χ0v) is 18.4. The minimum atomic E-state index is -0.345. The van der Waals surface area contributed by atoms with Gasteiger partial charge in [0.15, 0.2) is 11.2 Å². The van der Waals surface area contributed by atoms with Crippen molar-refractivity contribution in [1.29, 1.82) is 0 Å². The number of anilines is 2. The van der Waals surface area contributed by atoms with Gasteiger partial charge in [-0.15, -0.1) is 0 Å². The van der Waals surface area contributed by atoms with Gasteiger partial charge in [-0.2, -0.15) is 4.98 Å². The van der Waals surface area contributed by atoms with Gasteiger partial charge in [0.05, 0.1) is 0 Å². The van der Waals surface area contributed by atoms with Crippen molar-refractivity contribution in [2.24, 2.45) is 13.0 Å². The summed E-state index contributed by atoms with van der Waals surface area (Å²) in [6.45, 7) is 5.71. The molecule has 8 heteroatoms. The lowest BCUT2D eigenvalue weighted by atomic mass is 10.1. The molecule has 1 atom stereocenters. The number of hydrogen-bond donors (Lipinski definition) is 0. The summed E-state index contributed by atoms with van der Waals surface area (Å²) in [6, 6.07) is 17.5. The third kappa shape index (κ3) is 3.19. The zero-order chi connectivity index (χ0) is 22.4. The highest BCUT2D eigenvalue weighted by atomic mass is 16.5. The number of aromatic nitrogens is 4. The Morgan fingerprint density at radius 3 is 2.38 bits per heavy atom. The molecular formula is C24H25N5O3. The smallest absolute Gasteiger partial charge is 0.332 e. The lowest BCUT2D eigenvalue weighted by Crippen LogP contribution is -2.40. The molecule has 0 bridgehead atoms. The molecule has 8 nitrogen and oxygen atoms in total. The molecule has 32 heavy (non-hydrogen) atoms. The lowest BCUT2D eigenvalue weighted by molar-refractivity contribution is 0.457. The van der Waals surface area contributed by atoms with Crippen molar-refractivity contribution >= 4 is 22.8 Å². The number of imidazole rings is 1. The van der Waals surface area contributed by atoms with E-state index in [1.165, 1.54) is 9.13 Å². The summed E-state index contributed by atoms with van der Waals surface area (Å²) in [5.74, 6) is 2.50. The Bertz CT molecular complexity index is 1400. The summed E-state index contributed by atoms with van der Waals surface area (Å²) >= 11 is 0. The van der Waals surface area contributed by atoms with E-state index in [0.29, 0.717) is 36.1 Å². The van der Waals surface area contributed by atoms with Crippen LogP contribution in [-0.2, 0) is 20.1 Å². The van der Waals surface area contributed by atoms with E-state index in [9.17, 15) is 9.59 Å². The molecule has 5 rings (SSSR count). The van der Waals surface area contributed by atoms with Crippen LogP contribution in [0.2, 0.25) is 0 Å². The third-order valence-electron chi connectivity index (χ3n) is 5.89. The molecule has 0 radical (unpaired) electrons. The second-order valence-electron chi connectivity index (χ2n) is 8.21. The number of fused-ring (bicyclic) bond motifs is 3. The molecule has 0 N–H and O–H groups in total. The quantitative estimate of drug-likeness (QED) is 0.495. The third-order valence-corrected chi connectivity index (χ3v) is 5.89. The van der Waals surface area contributed by atoms with Crippen molar-refractivity contribution in [3.05, 3.63) is 75.4 Å². The van der Waals surface area contributed by atoms with Gasteiger partial charge < -0.3 is 14.2 Å². The SMILES string of the molecule is CCn1c(=O)c2c(nc3n2CC(C)CN3c2ccc(Oc3ccccc3)cc2)n(C)c1=O. The summed E-state index contributed by atoms with van der Waals surface area (Å²) in [5, 5.41) is 0. The highest BCUT2D eigenvalue weighted by molar-refractivity contribution is 5.77. The number of rotatable bonds is 4. The van der Waals surface area contributed by atoms with Crippen molar-refractivity contribution in [3.63, 3.8) is 0 Å². The van der Waals surface area contributed by atoms with Crippen LogP contribution in [0.1, 0.15) is 13.8 Å². The normalized spacial score (nSPS) is 15.7. The fraction of sp³-hybridized carbons (Fsp3) is 0.292. The zero-order valence-electron chi connectivity index (χ0n) is 18.4. The molecule has 0 saturated carbocycles. The summed E-state index contributed by atoms with van der Waals surface area (Å²) < 4.78 is 10.6. The molecule has 1 aliphatic heterocycles. The predicted octanol–water partition coefficient (Wildman–Crippen LogP) is 3.50. The minimum Gasteiger partial charge on any atom is -0.457 e. The van der Waals surface area contributed by atoms with Crippen molar-refractivity contribution in [2.75, 3.05) is 11.4 Å². The first-order valence-corrected chi connectivity index (χ1v) is 10.8. The van der Waals surface area contributed by atoms with Gasteiger partial charge in [-0.1, -0.05) is 25.1 Å². The predicted molar refractivity (Wildman–Crippen MR) is 124 cm³/mol. The summed E-state index contributed by atoms with van der Waals surface area (Å²) in [4.78, 5) is 32.5. The molecular weight excluding hydrogens is 406 g/mol. The number of hydrogen-bond acceptors (Lipinski definition) is 5. The van der Waals surface area contributed by atoms with Crippen LogP contribution in [0.15, 0.2) is 64.2 Å². The van der Waals surface area contributed by atoms with Gasteiger partial charge in [-0.25, -0.2) is 4.79 Å². The van der Waals surface area contributed by atoms with Gasteiger partial charge in [0.1, 0.15) is 11.5 Å². The molecule has 0 amide bonds. The maximum absolute atomic E-state index is 13.1. The number of para-hydroxylation sites is 1. The Balaban J connectivity index is 1.58. The highest BCUT2D eigenvalue weighted by Crippen LogP contribution is 2.34. The standard InChI is InChI=1S/C24H25N5O3/c1-4-27-22(30)20-21(26(3)24(27)31)25-23-28(14-16(2)15-29(20)23)17-10-12-19(13-11-17)32-18-8-6-5-7-9-18/h5-13,16H,4,14-15H2,1-3H3. The van der Waals surface area contributed by atoms with Gasteiger partial charge in [-0.3, -0.25) is 13.9 Å². The number of aryl methyl sites for hydroxylation is 1. The lowest BCUT2D eigenvalue weighted by Gasteiger charge is -2.33. The van der Waals surface area contributed by atoms with Gasteiger partial charge >= 0.3 is 5.69 Å². The largest absolute Gasteiger partial charge is 0.457 e. The topological polar surface area (TPSA) is 74.3 Å². The number of ether oxygens (including phenoxy) is 1. The van der Waals surface area contributed by atoms with Crippen LogP contribution in [0, 0.1) is 5.92 Å². The molecule has 164 valence electrons. The van der Waals surface area contributed by atoms with E-state index in [0.717, 1.165) is 23.7 Å². The first-order valence-electron chi connectivity index (χ1n) is 10.8. The molecule has 2 aromatic carbocycles. The monoisotopic (exact) mass is 431 g/mol. The molecule has 0 saturated heterocycles. The Morgan fingerprint density at radius 1 is 1.00 bits per heavy atom. The van der Waals surface area contributed by atoms with E-state index in [4.69, 9.17) is 9.72 Å². The van der Waals surface area contributed by atoms with Crippen LogP contribution >= 0.6 is 0 Å². The Labute approximate surface area is 184 Å². The first kappa shape index (κ1) is 20.1. The van der Waals surface area contributed by atoms with E-state index in [-0.39, 0.29) is 11.2 Å². The van der Waals surface area contributed by atoms with E-state index in [1.54, 1.807) is 14.0 Å². The maximum atomic E-state index is 13.1. The van der Waals surface area contributed by atoms with E-state index in [2.05, 4.69) is 11.8 Å². The Kier molecular flexibility index (Phi) is 4.84. The number of nitrogens with zero attached hydrogens (tertiary/aromatic N) is 5. The fourth-order valence-corrected chi connectivity index (χ4v) is 4.32. The second kappa shape index (κ2) is 7.71. The maximum Gasteiger partial charge on any atom is 0.332 e. The van der Waals surface area contributed by atoms with Gasteiger partial charge in [0.25, 0.3) is 5.56 Å². The minimum absolute atomic E-state index is 0.287. The second-order valence-corrected chi connectivity index (χ2v) is 8.21. The highest BCUT2D eigenvalue weighted by Gasteiger charge is 2.29. The number of benzene rings is 2. The van der Waals surface area contributed by atoms with Crippen LogP contribution in [0.5, 0.6) is 11.5 Å². The van der Waals surface area contributed by atoms with Crippen LogP contribution in [-0.4, -0.2) is 25.2 Å². The molecule has 4 aromatic rings. The van der Waals surface area contributed by atoms with Crippen molar-refractivity contribution in [3.8, 4) is 11.5 Å². The summed E-state index contributed by atoms with van der Waals surface area (Å²) in [7, 11) is 1.67. The molecule has 2 aromatic heterocycles. The summed E-state index contributed by atoms with van der Waals surface area (Å²) in [5.41, 5.74) is 1.22. The Morgan fingerprint density at radius 2 is 1.69 bits per heavy atom. The average molecular weight is 431 g/mol. The molecule has 0 aliphatic carbocycles. The van der Waals surface area contributed by atoms with E-state index >= 15 is 0 Å². The summed E-state index contributed by atoms with van der Waals surface area (Å²) in [6.07, 6.45) is 0. The van der Waals surface area contributed by atoms with E-state index in [1.807, 2.05) is 59.2 Å². The van der Waals surface area contributed by atoms with E-state index < -0.39 is 0 Å². The van der Waals surface area contributed by atoms with Gasteiger partial charge in [-0.05, 0) is 49.2 Å². The molecule has 1 unspecified atom stereocenters. The van der Waals surface area contributed by atoms with Crippen molar-refractivity contribution in [2.45, 2.75) is 26.9 Å². The fourth-order valence-electron chi connectivity index (χ4n) is 4.32. The van der Waals surface area contributed by atoms with Gasteiger partial charge in [0, 0.05) is 32.4 Å². The average Bonchev–Trinajstić information content (AvgIpc) is 3.18. The Hall–Kier alpha value is -3.81. The van der Waals surface area contributed by atoms with Crippen LogP contribution < -0.4 is 20.9 Å². The van der Waals surface area contributed by atoms with Crippen molar-refractivity contribution in [1.82, 2.24) is 18.7 Å². The van der Waals surface area contributed by atoms with Crippen LogP contribution in [0.4, 0.5) is 11.6 Å². The molecule has 3 heterocycles. The van der Waals surface area contributed by atoms with Crippen molar-refractivity contribution < 1.29 is 4.74 Å².